The van der Waals surface area contributed by atoms with E-state index in [-0.39, 0.29) is 29.7 Å². The Labute approximate surface area is 253 Å². The van der Waals surface area contributed by atoms with E-state index in [1.807, 2.05) is 0 Å². The number of aliphatic hydroxyl groups excluding tert-OH is 2. The Balaban J connectivity index is 1.58. The van der Waals surface area contributed by atoms with E-state index in [9.17, 15) is 39.6 Å². The van der Waals surface area contributed by atoms with Crippen molar-refractivity contribution in [1.82, 2.24) is 4.90 Å². The number of nitrogens with zero attached hydrogens (tertiary/aromatic N) is 1. The summed E-state index contributed by atoms with van der Waals surface area (Å²) in [6, 6.07) is 8.71. The van der Waals surface area contributed by atoms with Crippen LogP contribution < -0.4 is 11.1 Å². The third kappa shape index (κ3) is 4.80. The third-order valence-corrected chi connectivity index (χ3v) is 8.45. The number of carbonyl (C=O) groups is 4. The molecule has 0 unspecified atom stereocenters. The monoisotopic (exact) mass is 605 g/mol. The van der Waals surface area contributed by atoms with Gasteiger partial charge in [0.15, 0.2) is 11.4 Å². The van der Waals surface area contributed by atoms with Crippen molar-refractivity contribution in [1.29, 1.82) is 0 Å². The summed E-state index contributed by atoms with van der Waals surface area (Å²) in [6.07, 6.45) is -0.478. The number of primary amides is 1. The lowest BCUT2D eigenvalue weighted by atomic mass is 9.57. The SMILES string of the molecule is CN(C)[C@H]1C(=O)C(C(N)=O)=C(O)[C@@]2(O)C(=O)C3=C(O)c4c(O)ccc(-c5ccc(NC(=O)OC(C)(C)C)cc5)c4C[C@H]3C[C@@H]12. The minimum atomic E-state index is -2.70. The molecule has 12 nitrogen and oxygen atoms in total. The van der Waals surface area contributed by atoms with Crippen molar-refractivity contribution in [3.05, 3.63) is 64.4 Å². The van der Waals surface area contributed by atoms with Gasteiger partial charge >= 0.3 is 6.09 Å². The van der Waals surface area contributed by atoms with E-state index < -0.39 is 69.7 Å². The standard InChI is InChI=1S/C32H35N3O9/c1-31(2,3)44-30(42)34-16-8-6-14(7-9-16)17-10-11-20(36)22-18(17)12-15-13-19-24(35(4)5)26(38)23(29(33)41)28(40)32(19,43)27(39)21(15)25(22)37/h6-11,15,19,24,36-37,40,43H,12-13H2,1-5H3,(H2,33,41)(H,34,42)/t15-,19-,24+,32-/m0/s1. The van der Waals surface area contributed by atoms with Gasteiger partial charge in [0.2, 0.25) is 5.78 Å². The average molecular weight is 606 g/mol. The molecule has 0 saturated heterocycles. The quantitative estimate of drug-likeness (QED) is 0.282. The molecule has 0 aromatic heterocycles. The van der Waals surface area contributed by atoms with Crippen LogP contribution in [0.4, 0.5) is 10.5 Å². The number of amides is 2. The number of fused-ring (bicyclic) bond motifs is 3. The summed E-state index contributed by atoms with van der Waals surface area (Å²) in [5.74, 6) is -7.04. The minimum absolute atomic E-state index is 0.00486. The van der Waals surface area contributed by atoms with E-state index in [0.717, 1.165) is 0 Å². The molecule has 3 aliphatic carbocycles. The van der Waals surface area contributed by atoms with E-state index in [0.29, 0.717) is 22.4 Å². The molecule has 7 N–H and O–H groups in total. The van der Waals surface area contributed by atoms with Crippen LogP contribution in [0.3, 0.4) is 0 Å². The van der Waals surface area contributed by atoms with Gasteiger partial charge in [0.25, 0.3) is 5.91 Å². The molecule has 0 spiro atoms. The molecule has 2 amide bonds. The average Bonchev–Trinajstić information content (AvgIpc) is 2.90. The number of nitrogens with two attached hydrogens (primary N) is 1. The number of rotatable bonds is 4. The first-order valence-corrected chi connectivity index (χ1v) is 14.1. The van der Waals surface area contributed by atoms with Crippen molar-refractivity contribution in [3.8, 4) is 16.9 Å². The van der Waals surface area contributed by atoms with E-state index in [2.05, 4.69) is 5.32 Å². The highest BCUT2D eigenvalue weighted by Crippen LogP contribution is 2.53. The summed E-state index contributed by atoms with van der Waals surface area (Å²) in [6.45, 7) is 5.26. The Hall–Kier alpha value is -4.68. The zero-order valence-electron chi connectivity index (χ0n) is 25.0. The van der Waals surface area contributed by atoms with Crippen molar-refractivity contribution in [2.24, 2.45) is 17.6 Å². The summed E-state index contributed by atoms with van der Waals surface area (Å²) in [4.78, 5) is 53.1. The highest BCUT2D eigenvalue weighted by molar-refractivity contribution is 6.24. The number of phenols is 1. The summed E-state index contributed by atoms with van der Waals surface area (Å²) in [5, 5.41) is 47.7. The first-order chi connectivity index (χ1) is 20.5. The lowest BCUT2D eigenvalue weighted by molar-refractivity contribution is -0.153. The van der Waals surface area contributed by atoms with Crippen molar-refractivity contribution < 1.29 is 44.3 Å². The van der Waals surface area contributed by atoms with Crippen molar-refractivity contribution in [2.45, 2.75) is 50.9 Å². The fourth-order valence-electron chi connectivity index (χ4n) is 6.67. The first kappa shape index (κ1) is 30.8. The number of carbonyl (C=O) groups excluding carboxylic acids is 4. The van der Waals surface area contributed by atoms with Gasteiger partial charge in [-0.15, -0.1) is 0 Å². The predicted molar refractivity (Wildman–Crippen MR) is 160 cm³/mol. The Morgan fingerprint density at radius 3 is 2.25 bits per heavy atom. The lowest BCUT2D eigenvalue weighted by Crippen LogP contribution is -2.65. The number of aromatic hydroxyl groups is 1. The normalized spacial score (nSPS) is 24.9. The number of ketones is 2. The molecule has 232 valence electrons. The summed E-state index contributed by atoms with van der Waals surface area (Å²) >= 11 is 0. The van der Waals surface area contributed by atoms with Gasteiger partial charge in [0.1, 0.15) is 28.4 Å². The molecule has 1 saturated carbocycles. The molecule has 2 aromatic carbocycles. The number of likely N-dealkylation sites (N-methyl/N-ethyl adjacent to an activating group) is 1. The maximum absolute atomic E-state index is 14.0. The molecule has 12 heteroatoms. The molecule has 2 aromatic rings. The summed E-state index contributed by atoms with van der Waals surface area (Å²) < 4.78 is 5.29. The number of hydrogen-bond donors (Lipinski definition) is 6. The zero-order chi connectivity index (χ0) is 32.5. The van der Waals surface area contributed by atoms with E-state index in [1.54, 1.807) is 65.2 Å². The van der Waals surface area contributed by atoms with Gasteiger partial charge in [-0.2, -0.15) is 0 Å². The van der Waals surface area contributed by atoms with Crippen LogP contribution in [0, 0.1) is 11.8 Å². The number of hydrogen-bond acceptors (Lipinski definition) is 10. The maximum Gasteiger partial charge on any atom is 0.412 e. The van der Waals surface area contributed by atoms with E-state index in [1.165, 1.54) is 11.0 Å². The second kappa shape index (κ2) is 10.5. The predicted octanol–water partition coefficient (Wildman–Crippen LogP) is 2.98. The Morgan fingerprint density at radius 1 is 1.05 bits per heavy atom. The van der Waals surface area contributed by atoms with Crippen LogP contribution in [-0.4, -0.2) is 80.2 Å². The Kier molecular flexibility index (Phi) is 7.34. The molecule has 0 bridgehead atoms. The van der Waals surface area contributed by atoms with Crippen LogP contribution in [0.25, 0.3) is 16.9 Å². The van der Waals surface area contributed by atoms with Gasteiger partial charge in [-0.05, 0) is 88.5 Å². The number of nitrogens with one attached hydrogen (secondary N) is 1. The number of aliphatic hydroxyl groups is 3. The van der Waals surface area contributed by atoms with Crippen LogP contribution in [0.15, 0.2) is 53.3 Å². The molecule has 3 aliphatic rings. The van der Waals surface area contributed by atoms with Gasteiger partial charge in [0, 0.05) is 17.2 Å². The van der Waals surface area contributed by atoms with Gasteiger partial charge in [-0.1, -0.05) is 18.2 Å². The van der Waals surface area contributed by atoms with E-state index in [4.69, 9.17) is 10.5 Å². The zero-order valence-corrected chi connectivity index (χ0v) is 25.0. The summed E-state index contributed by atoms with van der Waals surface area (Å²) in [7, 11) is 3.09. The fourth-order valence-corrected chi connectivity index (χ4v) is 6.67. The highest BCUT2D eigenvalue weighted by atomic mass is 16.6. The Bertz CT molecular complexity index is 1670. The molecule has 0 heterocycles. The molecular weight excluding hydrogens is 570 g/mol. The molecule has 4 atom stereocenters. The maximum atomic E-state index is 14.0. The number of ether oxygens (including phenoxy) is 1. The topological polar surface area (TPSA) is 200 Å². The number of Topliss-reactive ketones (excluding diaryl/α,β-unsaturated/α-hetero) is 2. The number of anilines is 1. The fraction of sp³-hybridized carbons (Fsp3) is 0.375. The largest absolute Gasteiger partial charge is 0.508 e. The van der Waals surface area contributed by atoms with Crippen molar-refractivity contribution in [3.63, 3.8) is 0 Å². The van der Waals surface area contributed by atoms with Crippen molar-refractivity contribution in [2.75, 3.05) is 19.4 Å². The second-order valence-corrected chi connectivity index (χ2v) is 12.7. The molecule has 1 fully saturated rings. The van der Waals surface area contributed by atoms with Gasteiger partial charge in [-0.25, -0.2) is 4.79 Å². The molecule has 5 rings (SSSR count). The van der Waals surface area contributed by atoms with Crippen LogP contribution in [0.2, 0.25) is 0 Å². The van der Waals surface area contributed by atoms with Crippen LogP contribution in [0.5, 0.6) is 5.75 Å². The van der Waals surface area contributed by atoms with Gasteiger partial charge in [0.05, 0.1) is 11.6 Å². The summed E-state index contributed by atoms with van der Waals surface area (Å²) in [5.41, 5.74) is 3.26. The van der Waals surface area contributed by atoms with Crippen LogP contribution >= 0.6 is 0 Å². The van der Waals surface area contributed by atoms with Crippen LogP contribution in [0.1, 0.15) is 38.3 Å². The van der Waals surface area contributed by atoms with Crippen molar-refractivity contribution >= 4 is 35.0 Å². The minimum Gasteiger partial charge on any atom is -0.508 e. The van der Waals surface area contributed by atoms with Gasteiger partial charge < -0.3 is 30.9 Å². The number of benzene rings is 2. The smallest absolute Gasteiger partial charge is 0.412 e. The Morgan fingerprint density at radius 2 is 1.68 bits per heavy atom. The molecule has 0 aliphatic heterocycles. The highest BCUT2D eigenvalue weighted by Gasteiger charge is 2.64. The lowest BCUT2D eigenvalue weighted by Gasteiger charge is -2.50. The first-order valence-electron chi connectivity index (χ1n) is 14.1. The molecule has 0 radical (unpaired) electrons. The van der Waals surface area contributed by atoms with E-state index >= 15 is 0 Å². The molecule has 44 heavy (non-hydrogen) atoms. The number of phenolic OH excluding ortho intramolecular Hbond substituents is 1. The van der Waals surface area contributed by atoms with Gasteiger partial charge in [-0.3, -0.25) is 24.6 Å². The van der Waals surface area contributed by atoms with Crippen LogP contribution in [-0.2, 0) is 25.5 Å². The third-order valence-electron chi connectivity index (χ3n) is 8.45. The second-order valence-electron chi connectivity index (χ2n) is 12.7. The molecular formula is C32H35N3O9.